The maximum atomic E-state index is 11.7. The Labute approximate surface area is 126 Å². The zero-order chi connectivity index (χ0) is 16.8. The highest BCUT2D eigenvalue weighted by Crippen LogP contribution is 2.43. The number of rotatable bonds is 2. The molecule has 0 radical (unpaired) electrons. The van der Waals surface area contributed by atoms with E-state index in [4.69, 9.17) is 5.73 Å². The number of anilines is 2. The number of nitrogens with one attached hydrogen (secondary N) is 1. The molecular formula is C14H24N2O4S. The van der Waals surface area contributed by atoms with E-state index in [0.717, 1.165) is 0 Å². The summed E-state index contributed by atoms with van der Waals surface area (Å²) in [4.78, 5) is -0.294. The second-order valence-corrected chi connectivity index (χ2v) is 8.55. The molecule has 0 spiro atoms. The van der Waals surface area contributed by atoms with Crippen molar-refractivity contribution < 1.29 is 18.1 Å². The summed E-state index contributed by atoms with van der Waals surface area (Å²) in [5, 5.41) is 13.2. The summed E-state index contributed by atoms with van der Waals surface area (Å²) in [6.07, 6.45) is 0. The molecule has 5 N–H and O–H groups in total. The molecule has 0 fully saturated rings. The first-order valence-electron chi connectivity index (χ1n) is 6.56. The quantitative estimate of drug-likeness (QED) is 0.379. The number of aromatic hydroxyl groups is 1. The Bertz CT molecular complexity index is 653. The second kappa shape index (κ2) is 5.06. The Morgan fingerprint density at radius 3 is 1.95 bits per heavy atom. The average molecular weight is 316 g/mol. The fraction of sp³-hybridized carbons (Fsp3) is 0.571. The highest BCUT2D eigenvalue weighted by molar-refractivity contribution is 7.85. The molecule has 0 atom stereocenters. The fourth-order valence-corrected chi connectivity index (χ4v) is 3.09. The molecule has 21 heavy (non-hydrogen) atoms. The van der Waals surface area contributed by atoms with Crippen molar-refractivity contribution in [2.24, 2.45) is 0 Å². The third-order valence-electron chi connectivity index (χ3n) is 2.84. The topological polar surface area (TPSA) is 113 Å². The van der Waals surface area contributed by atoms with Crippen molar-refractivity contribution in [1.29, 1.82) is 0 Å². The normalized spacial score (nSPS) is 13.3. The molecule has 0 saturated heterocycles. The molecule has 0 aromatic heterocycles. The molecule has 0 amide bonds. The summed E-state index contributed by atoms with van der Waals surface area (Å²) in [5.41, 5.74) is 5.16. The van der Waals surface area contributed by atoms with Gasteiger partial charge < -0.3 is 16.2 Å². The molecule has 1 aromatic carbocycles. The first-order chi connectivity index (χ1) is 9.14. The van der Waals surface area contributed by atoms with Crippen LogP contribution in [0.5, 0.6) is 5.75 Å². The lowest BCUT2D eigenvalue weighted by molar-refractivity contribution is 0.465. The van der Waals surface area contributed by atoms with Crippen LogP contribution in [0, 0.1) is 0 Å². The van der Waals surface area contributed by atoms with Gasteiger partial charge in [-0.15, -0.1) is 0 Å². The molecule has 0 aliphatic heterocycles. The van der Waals surface area contributed by atoms with Crippen LogP contribution in [0.1, 0.15) is 47.1 Å². The van der Waals surface area contributed by atoms with E-state index in [-0.39, 0.29) is 27.6 Å². The van der Waals surface area contributed by atoms with Gasteiger partial charge in [0.15, 0.2) is 5.75 Å². The van der Waals surface area contributed by atoms with Gasteiger partial charge in [0.1, 0.15) is 4.90 Å². The highest BCUT2D eigenvalue weighted by atomic mass is 32.2. The lowest BCUT2D eigenvalue weighted by Crippen LogP contribution is -2.27. The second-order valence-electron chi connectivity index (χ2n) is 7.16. The van der Waals surface area contributed by atoms with E-state index in [0.29, 0.717) is 0 Å². The molecule has 0 bridgehead atoms. The molecule has 0 unspecified atom stereocenters. The number of hydrogen-bond donors (Lipinski definition) is 4. The summed E-state index contributed by atoms with van der Waals surface area (Å²) in [7, 11) is -4.47. The van der Waals surface area contributed by atoms with Crippen molar-refractivity contribution in [3.05, 3.63) is 11.6 Å². The van der Waals surface area contributed by atoms with E-state index in [1.165, 1.54) is 6.07 Å². The van der Waals surface area contributed by atoms with Gasteiger partial charge in [0.25, 0.3) is 10.1 Å². The Hall–Kier alpha value is -1.47. The standard InChI is InChI=1S/C14H24N2O4S/c1-13(2,3)10-9(21(18,19)20)7-8(12(17)11(10)15)16-14(4,5)6/h7,16-17H,15H2,1-6H3,(H,18,19,20). The Kier molecular flexibility index (Phi) is 4.24. The van der Waals surface area contributed by atoms with Gasteiger partial charge in [-0.05, 0) is 32.3 Å². The predicted molar refractivity (Wildman–Crippen MR) is 84.4 cm³/mol. The molecule has 1 rings (SSSR count). The minimum atomic E-state index is -4.47. The van der Waals surface area contributed by atoms with Crippen molar-refractivity contribution in [3.63, 3.8) is 0 Å². The van der Waals surface area contributed by atoms with Crippen LogP contribution >= 0.6 is 0 Å². The van der Waals surface area contributed by atoms with Crippen LogP contribution < -0.4 is 11.1 Å². The number of hydrogen-bond acceptors (Lipinski definition) is 5. The molecule has 1 aromatic rings. The van der Waals surface area contributed by atoms with Gasteiger partial charge in [0, 0.05) is 11.1 Å². The molecule has 0 aliphatic rings. The third kappa shape index (κ3) is 4.01. The van der Waals surface area contributed by atoms with Crippen LogP contribution in [0.3, 0.4) is 0 Å². The van der Waals surface area contributed by atoms with Crippen molar-refractivity contribution in [2.75, 3.05) is 11.1 Å². The van der Waals surface area contributed by atoms with E-state index in [2.05, 4.69) is 5.32 Å². The van der Waals surface area contributed by atoms with E-state index >= 15 is 0 Å². The third-order valence-corrected chi connectivity index (χ3v) is 3.72. The van der Waals surface area contributed by atoms with Gasteiger partial charge in [-0.3, -0.25) is 4.55 Å². The van der Waals surface area contributed by atoms with Gasteiger partial charge in [-0.2, -0.15) is 8.42 Å². The van der Waals surface area contributed by atoms with Gasteiger partial charge in [0.2, 0.25) is 0 Å². The zero-order valence-electron chi connectivity index (χ0n) is 13.3. The zero-order valence-corrected chi connectivity index (χ0v) is 14.1. The fourth-order valence-electron chi connectivity index (χ4n) is 2.14. The van der Waals surface area contributed by atoms with Crippen molar-refractivity contribution >= 4 is 21.5 Å². The molecule has 6 nitrogen and oxygen atoms in total. The van der Waals surface area contributed by atoms with E-state index in [9.17, 15) is 18.1 Å². The highest BCUT2D eigenvalue weighted by Gasteiger charge is 2.31. The number of nitrogens with two attached hydrogens (primary N) is 1. The smallest absolute Gasteiger partial charge is 0.294 e. The first-order valence-corrected chi connectivity index (χ1v) is 8.00. The van der Waals surface area contributed by atoms with Crippen molar-refractivity contribution in [2.45, 2.75) is 57.4 Å². The molecule has 0 saturated carbocycles. The number of benzene rings is 1. The number of phenols is 1. The minimum absolute atomic E-state index is 0.0515. The Morgan fingerprint density at radius 1 is 1.14 bits per heavy atom. The maximum absolute atomic E-state index is 11.7. The maximum Gasteiger partial charge on any atom is 0.294 e. The predicted octanol–water partition coefficient (Wildman–Crippen LogP) is 2.73. The number of nitrogen functional groups attached to an aromatic ring is 1. The Morgan fingerprint density at radius 2 is 1.62 bits per heavy atom. The molecule has 0 aliphatic carbocycles. The summed E-state index contributed by atoms with van der Waals surface area (Å²) >= 11 is 0. The van der Waals surface area contributed by atoms with E-state index in [1.807, 2.05) is 20.8 Å². The molecule has 7 heteroatoms. The first kappa shape index (κ1) is 17.6. The van der Waals surface area contributed by atoms with E-state index in [1.54, 1.807) is 20.8 Å². The monoisotopic (exact) mass is 316 g/mol. The van der Waals surface area contributed by atoms with Crippen molar-refractivity contribution in [3.8, 4) is 5.75 Å². The lowest BCUT2D eigenvalue weighted by atomic mass is 9.85. The number of phenolic OH excluding ortho intramolecular Hbond substituents is 1. The largest absolute Gasteiger partial charge is 0.504 e. The van der Waals surface area contributed by atoms with Gasteiger partial charge in [-0.25, -0.2) is 0 Å². The van der Waals surface area contributed by atoms with Crippen LogP contribution in [0.4, 0.5) is 11.4 Å². The molecule has 120 valence electrons. The van der Waals surface area contributed by atoms with Crippen LogP contribution in [-0.4, -0.2) is 23.6 Å². The van der Waals surface area contributed by atoms with Crippen molar-refractivity contribution in [1.82, 2.24) is 0 Å². The summed E-state index contributed by atoms with van der Waals surface area (Å²) < 4.78 is 32.8. The van der Waals surface area contributed by atoms with Crippen LogP contribution in [0.2, 0.25) is 0 Å². The van der Waals surface area contributed by atoms with Crippen LogP contribution in [0.15, 0.2) is 11.0 Å². The van der Waals surface area contributed by atoms with Crippen LogP contribution in [-0.2, 0) is 15.5 Å². The van der Waals surface area contributed by atoms with Crippen LogP contribution in [0.25, 0.3) is 0 Å². The summed E-state index contributed by atoms with van der Waals surface area (Å²) in [6, 6.07) is 1.22. The van der Waals surface area contributed by atoms with Gasteiger partial charge in [0.05, 0.1) is 11.4 Å². The SMILES string of the molecule is CC(C)(C)Nc1cc(S(=O)(=O)O)c(C(C)(C)C)c(N)c1O. The van der Waals surface area contributed by atoms with E-state index < -0.39 is 21.1 Å². The molecule has 0 heterocycles. The summed E-state index contributed by atoms with van der Waals surface area (Å²) in [5.74, 6) is -0.220. The van der Waals surface area contributed by atoms with Gasteiger partial charge in [-0.1, -0.05) is 20.8 Å². The summed E-state index contributed by atoms with van der Waals surface area (Å²) in [6.45, 7) is 10.8. The Balaban J connectivity index is 3.76. The average Bonchev–Trinajstić information content (AvgIpc) is 2.18. The minimum Gasteiger partial charge on any atom is -0.504 e. The molecular weight excluding hydrogens is 292 g/mol. The lowest BCUT2D eigenvalue weighted by Gasteiger charge is -2.28. The van der Waals surface area contributed by atoms with Gasteiger partial charge >= 0.3 is 0 Å².